The Labute approximate surface area is 111 Å². The van der Waals surface area contributed by atoms with E-state index < -0.39 is 18.2 Å². The second-order valence-electron chi connectivity index (χ2n) is 4.51. The van der Waals surface area contributed by atoms with Gasteiger partial charge in [0.1, 0.15) is 6.61 Å². The summed E-state index contributed by atoms with van der Waals surface area (Å²) in [4.78, 5) is 11.9. The van der Waals surface area contributed by atoms with Gasteiger partial charge >= 0.3 is 0 Å². The maximum Gasteiger partial charge on any atom is 0.264 e. The van der Waals surface area contributed by atoms with Crippen molar-refractivity contribution in [1.82, 2.24) is 5.32 Å². The van der Waals surface area contributed by atoms with Gasteiger partial charge in [0.25, 0.3) is 5.91 Å². The van der Waals surface area contributed by atoms with Gasteiger partial charge < -0.3 is 25.6 Å². The van der Waals surface area contributed by atoms with Crippen molar-refractivity contribution < 1.29 is 19.4 Å². The van der Waals surface area contributed by atoms with Crippen molar-refractivity contribution in [1.29, 1.82) is 0 Å². The lowest BCUT2D eigenvalue weighted by Gasteiger charge is -2.26. The number of hydrogen-bond donors (Lipinski definition) is 3. The van der Waals surface area contributed by atoms with Crippen LogP contribution in [-0.4, -0.2) is 42.4 Å². The minimum absolute atomic E-state index is 0.159. The summed E-state index contributed by atoms with van der Waals surface area (Å²) in [5.41, 5.74) is 5.63. The molecule has 1 aliphatic rings. The number of ether oxygens (including phenoxy) is 2. The van der Waals surface area contributed by atoms with Gasteiger partial charge in [0, 0.05) is 12.6 Å². The zero-order chi connectivity index (χ0) is 13.8. The first kappa shape index (κ1) is 13.6. The Morgan fingerprint density at radius 1 is 1.53 bits per heavy atom. The van der Waals surface area contributed by atoms with Crippen molar-refractivity contribution in [2.24, 2.45) is 5.73 Å². The van der Waals surface area contributed by atoms with Crippen LogP contribution in [0.4, 0.5) is 0 Å². The quantitative estimate of drug-likeness (QED) is 0.692. The number of nitrogens with one attached hydrogen (secondary N) is 1. The summed E-state index contributed by atoms with van der Waals surface area (Å²) in [6.45, 7) is 1.93. The average Bonchev–Trinajstić information content (AvgIpc) is 2.43. The zero-order valence-electron chi connectivity index (χ0n) is 10.7. The summed E-state index contributed by atoms with van der Waals surface area (Å²) in [5.74, 6) is 0.881. The van der Waals surface area contributed by atoms with Gasteiger partial charge in [-0.05, 0) is 19.1 Å². The van der Waals surface area contributed by atoms with Crippen LogP contribution in [0, 0.1) is 0 Å². The fraction of sp³-hybridized carbons (Fsp3) is 0.462. The first-order valence-corrected chi connectivity index (χ1v) is 6.18. The van der Waals surface area contributed by atoms with Gasteiger partial charge in [0.05, 0.1) is 6.10 Å². The van der Waals surface area contributed by atoms with Crippen molar-refractivity contribution in [2.75, 3.05) is 13.2 Å². The van der Waals surface area contributed by atoms with Crippen molar-refractivity contribution in [3.05, 3.63) is 24.3 Å². The third-order valence-electron chi connectivity index (χ3n) is 2.93. The van der Waals surface area contributed by atoms with Gasteiger partial charge in [-0.25, -0.2) is 0 Å². The van der Waals surface area contributed by atoms with Crippen LogP contribution in [0.5, 0.6) is 11.5 Å². The molecule has 0 aromatic heterocycles. The van der Waals surface area contributed by atoms with E-state index in [9.17, 15) is 9.90 Å². The highest BCUT2D eigenvalue weighted by Gasteiger charge is 2.27. The van der Waals surface area contributed by atoms with Crippen LogP contribution in [0.25, 0.3) is 0 Å². The van der Waals surface area contributed by atoms with Crippen molar-refractivity contribution >= 4 is 5.91 Å². The molecule has 6 nitrogen and oxygen atoms in total. The third kappa shape index (κ3) is 3.36. The van der Waals surface area contributed by atoms with Gasteiger partial charge in [-0.1, -0.05) is 12.1 Å². The average molecular weight is 266 g/mol. The molecule has 1 aliphatic heterocycles. The number of amides is 1. The highest BCUT2D eigenvalue weighted by atomic mass is 16.6. The van der Waals surface area contributed by atoms with E-state index in [0.717, 1.165) is 0 Å². The number of hydrogen-bond acceptors (Lipinski definition) is 5. The van der Waals surface area contributed by atoms with Crippen molar-refractivity contribution in [3.8, 4) is 11.5 Å². The molecule has 4 N–H and O–H groups in total. The van der Waals surface area contributed by atoms with E-state index in [0.29, 0.717) is 11.5 Å². The van der Waals surface area contributed by atoms with E-state index in [-0.39, 0.29) is 19.1 Å². The fourth-order valence-electron chi connectivity index (χ4n) is 1.65. The van der Waals surface area contributed by atoms with Crippen LogP contribution in [0.1, 0.15) is 6.92 Å². The molecule has 1 aromatic rings. The van der Waals surface area contributed by atoms with Crippen LogP contribution < -0.4 is 20.5 Å². The number of aliphatic hydroxyl groups excluding tert-OH is 1. The van der Waals surface area contributed by atoms with Crippen molar-refractivity contribution in [3.63, 3.8) is 0 Å². The standard InChI is InChI=1S/C13H18N2O4/c1-8(16)9(14)6-15-13(17)12-7-18-10-4-2-3-5-11(10)19-12/h2-5,8-9,12,16H,6-7,14H2,1H3,(H,15,17). The molecule has 3 unspecified atom stereocenters. The first-order valence-electron chi connectivity index (χ1n) is 6.18. The van der Waals surface area contributed by atoms with E-state index in [1.807, 2.05) is 12.1 Å². The lowest BCUT2D eigenvalue weighted by molar-refractivity contribution is -0.130. The summed E-state index contributed by atoms with van der Waals surface area (Å²) < 4.78 is 11.0. The van der Waals surface area contributed by atoms with Crippen molar-refractivity contribution in [2.45, 2.75) is 25.2 Å². The van der Waals surface area contributed by atoms with E-state index in [2.05, 4.69) is 5.32 Å². The lowest BCUT2D eigenvalue weighted by atomic mass is 10.2. The van der Waals surface area contributed by atoms with Gasteiger partial charge in [-0.2, -0.15) is 0 Å². The smallest absolute Gasteiger partial charge is 0.264 e. The molecule has 19 heavy (non-hydrogen) atoms. The summed E-state index contributed by atoms with van der Waals surface area (Å²) in [6.07, 6.45) is -1.37. The Kier molecular flexibility index (Phi) is 4.24. The Bertz CT molecular complexity index is 450. The molecule has 0 saturated carbocycles. The normalized spacial score (nSPS) is 20.5. The second kappa shape index (κ2) is 5.90. The van der Waals surface area contributed by atoms with Crippen LogP contribution >= 0.6 is 0 Å². The molecular weight excluding hydrogens is 248 g/mol. The van der Waals surface area contributed by atoms with Gasteiger partial charge in [0.2, 0.25) is 6.10 Å². The van der Waals surface area contributed by atoms with E-state index in [1.54, 1.807) is 19.1 Å². The fourth-order valence-corrected chi connectivity index (χ4v) is 1.65. The lowest BCUT2D eigenvalue weighted by Crippen LogP contribution is -2.49. The Morgan fingerprint density at radius 3 is 2.89 bits per heavy atom. The molecular formula is C13H18N2O4. The van der Waals surface area contributed by atoms with Gasteiger partial charge in [-0.15, -0.1) is 0 Å². The van der Waals surface area contributed by atoms with E-state index in [4.69, 9.17) is 15.2 Å². The molecule has 1 aromatic carbocycles. The predicted molar refractivity (Wildman–Crippen MR) is 69.0 cm³/mol. The van der Waals surface area contributed by atoms with Crippen LogP contribution in [0.2, 0.25) is 0 Å². The van der Waals surface area contributed by atoms with E-state index >= 15 is 0 Å². The molecule has 0 saturated heterocycles. The third-order valence-corrected chi connectivity index (χ3v) is 2.93. The number of carbonyl (C=O) groups excluding carboxylic acids is 1. The molecule has 104 valence electrons. The monoisotopic (exact) mass is 266 g/mol. The van der Waals surface area contributed by atoms with Crippen LogP contribution in [-0.2, 0) is 4.79 Å². The Hall–Kier alpha value is -1.79. The largest absolute Gasteiger partial charge is 0.485 e. The summed E-state index contributed by atoms with van der Waals surface area (Å²) in [6, 6.07) is 6.68. The number of fused-ring (bicyclic) bond motifs is 1. The number of benzene rings is 1. The predicted octanol–water partition coefficient (Wildman–Crippen LogP) is -0.349. The molecule has 0 spiro atoms. The summed E-state index contributed by atoms with van der Waals surface area (Å²) >= 11 is 0. The Balaban J connectivity index is 1.89. The minimum atomic E-state index is -0.698. The maximum atomic E-state index is 11.9. The molecule has 3 atom stereocenters. The Morgan fingerprint density at radius 2 is 2.21 bits per heavy atom. The first-order chi connectivity index (χ1) is 9.08. The SMILES string of the molecule is CC(O)C(N)CNC(=O)C1COc2ccccc2O1. The molecule has 0 fully saturated rings. The molecule has 0 aliphatic carbocycles. The van der Waals surface area contributed by atoms with Gasteiger partial charge in [0.15, 0.2) is 11.5 Å². The number of aliphatic hydroxyl groups is 1. The second-order valence-corrected chi connectivity index (χ2v) is 4.51. The molecule has 0 bridgehead atoms. The number of para-hydroxylation sites is 2. The molecule has 6 heteroatoms. The highest BCUT2D eigenvalue weighted by Crippen LogP contribution is 2.30. The van der Waals surface area contributed by atoms with Crippen LogP contribution in [0.15, 0.2) is 24.3 Å². The van der Waals surface area contributed by atoms with Crippen LogP contribution in [0.3, 0.4) is 0 Å². The summed E-state index contributed by atoms with van der Waals surface area (Å²) in [5, 5.41) is 11.9. The zero-order valence-corrected chi connectivity index (χ0v) is 10.7. The molecule has 2 rings (SSSR count). The molecule has 0 radical (unpaired) electrons. The number of rotatable bonds is 4. The molecule has 1 amide bonds. The summed E-state index contributed by atoms with van der Waals surface area (Å²) in [7, 11) is 0. The highest BCUT2D eigenvalue weighted by molar-refractivity contribution is 5.81. The minimum Gasteiger partial charge on any atom is -0.485 e. The topological polar surface area (TPSA) is 93.8 Å². The molecule has 1 heterocycles. The maximum absolute atomic E-state index is 11.9. The number of carbonyl (C=O) groups is 1. The van der Waals surface area contributed by atoms with Gasteiger partial charge in [-0.3, -0.25) is 4.79 Å². The van der Waals surface area contributed by atoms with E-state index in [1.165, 1.54) is 0 Å². The number of nitrogens with two attached hydrogens (primary N) is 1.